The van der Waals surface area contributed by atoms with E-state index in [2.05, 4.69) is 10.4 Å². The van der Waals surface area contributed by atoms with Gasteiger partial charge in [0.2, 0.25) is 5.91 Å². The monoisotopic (exact) mass is 387 g/mol. The largest absolute Gasteiger partial charge is 0.497 e. The summed E-state index contributed by atoms with van der Waals surface area (Å²) in [5.74, 6) is -0.367. The number of aryl methyl sites for hydroxylation is 1. The highest BCUT2D eigenvalue weighted by molar-refractivity contribution is 7.18. The zero-order valence-corrected chi connectivity index (χ0v) is 16.0. The molecule has 0 aliphatic carbocycles. The maximum Gasteiger partial charge on any atom is 0.359 e. The molecule has 0 aliphatic rings. The Morgan fingerprint density at radius 3 is 2.37 bits per heavy atom. The SMILES string of the molecule is COC(=O)c1nn(-c2ccc(OC)cc2)c(=O)c2c(NC(C)=O)sc(C)c12. The lowest BCUT2D eigenvalue weighted by Crippen LogP contribution is -2.25. The molecule has 0 unspecified atom stereocenters. The van der Waals surface area contributed by atoms with Crippen LogP contribution in [0.1, 0.15) is 22.3 Å². The van der Waals surface area contributed by atoms with E-state index in [0.29, 0.717) is 26.7 Å². The number of aromatic nitrogens is 2. The molecule has 9 heteroatoms. The van der Waals surface area contributed by atoms with Crippen LogP contribution in [0.15, 0.2) is 29.1 Å². The molecule has 1 amide bonds. The third kappa shape index (κ3) is 3.28. The number of nitrogens with one attached hydrogen (secondary N) is 1. The first-order chi connectivity index (χ1) is 12.9. The Morgan fingerprint density at radius 2 is 1.81 bits per heavy atom. The van der Waals surface area contributed by atoms with Gasteiger partial charge < -0.3 is 14.8 Å². The number of carbonyl (C=O) groups is 2. The molecule has 3 rings (SSSR count). The Morgan fingerprint density at radius 1 is 1.15 bits per heavy atom. The molecule has 8 nitrogen and oxygen atoms in total. The molecule has 0 spiro atoms. The average Bonchev–Trinajstić information content (AvgIpc) is 2.97. The summed E-state index contributed by atoms with van der Waals surface area (Å²) in [7, 11) is 2.78. The highest BCUT2D eigenvalue weighted by Gasteiger charge is 2.24. The summed E-state index contributed by atoms with van der Waals surface area (Å²) in [5, 5.41) is 7.86. The molecule has 0 radical (unpaired) electrons. The van der Waals surface area contributed by atoms with Gasteiger partial charge in [-0.05, 0) is 31.2 Å². The molecule has 0 aliphatic heterocycles. The quantitative estimate of drug-likeness (QED) is 0.691. The van der Waals surface area contributed by atoms with Crippen molar-refractivity contribution in [3.05, 3.63) is 45.2 Å². The van der Waals surface area contributed by atoms with Crippen LogP contribution >= 0.6 is 11.3 Å². The van der Waals surface area contributed by atoms with Crippen LogP contribution in [0.4, 0.5) is 5.00 Å². The normalized spacial score (nSPS) is 10.7. The van der Waals surface area contributed by atoms with Crippen molar-refractivity contribution in [3.8, 4) is 11.4 Å². The molecule has 0 atom stereocenters. The first kappa shape index (κ1) is 18.6. The van der Waals surface area contributed by atoms with Crippen LogP contribution in [-0.4, -0.2) is 35.9 Å². The minimum absolute atomic E-state index is 0.00766. The summed E-state index contributed by atoms with van der Waals surface area (Å²) < 4.78 is 11.1. The van der Waals surface area contributed by atoms with E-state index in [4.69, 9.17) is 9.47 Å². The van der Waals surface area contributed by atoms with Gasteiger partial charge in [0.15, 0.2) is 5.69 Å². The molecule has 140 valence electrons. The van der Waals surface area contributed by atoms with E-state index < -0.39 is 11.5 Å². The highest BCUT2D eigenvalue weighted by Crippen LogP contribution is 2.35. The lowest BCUT2D eigenvalue weighted by Gasteiger charge is -2.10. The van der Waals surface area contributed by atoms with Gasteiger partial charge in [-0.3, -0.25) is 9.59 Å². The number of ether oxygens (including phenoxy) is 2. The Labute approximate surface area is 158 Å². The van der Waals surface area contributed by atoms with E-state index in [1.54, 1.807) is 31.2 Å². The van der Waals surface area contributed by atoms with Crippen LogP contribution < -0.4 is 15.6 Å². The minimum atomic E-state index is -0.669. The summed E-state index contributed by atoms with van der Waals surface area (Å²) in [4.78, 5) is 37.7. The number of rotatable bonds is 4. The first-order valence-electron chi connectivity index (χ1n) is 7.94. The van der Waals surface area contributed by atoms with Gasteiger partial charge in [0.25, 0.3) is 5.56 Å². The van der Waals surface area contributed by atoms with Crippen molar-refractivity contribution in [2.24, 2.45) is 0 Å². The number of carbonyl (C=O) groups excluding carboxylic acids is 2. The molecule has 0 bridgehead atoms. The van der Waals surface area contributed by atoms with Crippen LogP contribution in [-0.2, 0) is 9.53 Å². The zero-order chi connectivity index (χ0) is 19.7. The molecular formula is C18H17N3O5S. The smallest absolute Gasteiger partial charge is 0.359 e. The molecule has 0 saturated carbocycles. The maximum atomic E-state index is 13.1. The minimum Gasteiger partial charge on any atom is -0.497 e. The van der Waals surface area contributed by atoms with Crippen molar-refractivity contribution in [1.29, 1.82) is 0 Å². The van der Waals surface area contributed by atoms with Crippen molar-refractivity contribution in [3.63, 3.8) is 0 Å². The maximum absolute atomic E-state index is 13.1. The molecule has 1 aromatic carbocycles. The lowest BCUT2D eigenvalue weighted by atomic mass is 10.2. The number of esters is 1. The van der Waals surface area contributed by atoms with Gasteiger partial charge >= 0.3 is 5.97 Å². The summed E-state index contributed by atoms with van der Waals surface area (Å²) >= 11 is 1.21. The Hall–Kier alpha value is -3.20. The Bertz CT molecular complexity index is 1100. The summed E-state index contributed by atoms with van der Waals surface area (Å²) in [6.45, 7) is 3.11. The molecule has 0 fully saturated rings. The number of nitrogens with zero attached hydrogens (tertiary/aromatic N) is 2. The van der Waals surface area contributed by atoms with Crippen molar-refractivity contribution >= 4 is 39.0 Å². The molecule has 0 saturated heterocycles. The van der Waals surface area contributed by atoms with Crippen molar-refractivity contribution in [1.82, 2.24) is 9.78 Å². The van der Waals surface area contributed by atoms with E-state index >= 15 is 0 Å². The number of benzene rings is 1. The Kier molecular flexibility index (Phi) is 4.95. The van der Waals surface area contributed by atoms with Crippen molar-refractivity contribution in [2.45, 2.75) is 13.8 Å². The standard InChI is InChI=1S/C18H17N3O5S/c1-9-13-14(16(27-9)19-10(2)22)17(23)21(20-15(13)18(24)26-4)11-5-7-12(25-3)8-6-11/h5-8H,1-4H3,(H,19,22). The highest BCUT2D eigenvalue weighted by atomic mass is 32.1. The fourth-order valence-corrected chi connectivity index (χ4v) is 3.81. The van der Waals surface area contributed by atoms with Gasteiger partial charge in [0.1, 0.15) is 10.8 Å². The molecule has 1 N–H and O–H groups in total. The predicted molar refractivity (Wildman–Crippen MR) is 102 cm³/mol. The fourth-order valence-electron chi connectivity index (χ4n) is 2.72. The molecule has 2 aromatic heterocycles. The fraction of sp³-hybridized carbons (Fsp3) is 0.222. The summed E-state index contributed by atoms with van der Waals surface area (Å²) in [6, 6.07) is 6.66. The number of amides is 1. The summed E-state index contributed by atoms with van der Waals surface area (Å²) in [6.07, 6.45) is 0. The number of anilines is 1. The third-order valence-electron chi connectivity index (χ3n) is 3.91. The van der Waals surface area contributed by atoms with E-state index in [1.165, 1.54) is 32.5 Å². The van der Waals surface area contributed by atoms with Crippen LogP contribution in [0.2, 0.25) is 0 Å². The second-order valence-electron chi connectivity index (χ2n) is 5.67. The van der Waals surface area contributed by atoms with Gasteiger partial charge in [0, 0.05) is 17.2 Å². The van der Waals surface area contributed by atoms with Gasteiger partial charge in [0.05, 0.1) is 25.3 Å². The van der Waals surface area contributed by atoms with E-state index in [9.17, 15) is 14.4 Å². The van der Waals surface area contributed by atoms with Crippen molar-refractivity contribution in [2.75, 3.05) is 19.5 Å². The van der Waals surface area contributed by atoms with E-state index in [0.717, 1.165) is 4.68 Å². The Balaban J connectivity index is 2.37. The van der Waals surface area contributed by atoms with Crippen LogP contribution in [0, 0.1) is 6.92 Å². The summed E-state index contributed by atoms with van der Waals surface area (Å²) in [5.41, 5.74) is 0.00895. The van der Waals surface area contributed by atoms with Crippen LogP contribution in [0.5, 0.6) is 5.75 Å². The van der Waals surface area contributed by atoms with E-state index in [1.807, 2.05) is 0 Å². The predicted octanol–water partition coefficient (Wildman–Crippen LogP) is 2.51. The van der Waals surface area contributed by atoms with Crippen LogP contribution in [0.3, 0.4) is 0 Å². The van der Waals surface area contributed by atoms with Gasteiger partial charge in [-0.15, -0.1) is 11.3 Å². The third-order valence-corrected chi connectivity index (χ3v) is 4.93. The number of thiophene rings is 1. The first-order valence-corrected chi connectivity index (χ1v) is 8.75. The molecular weight excluding hydrogens is 370 g/mol. The topological polar surface area (TPSA) is 99.5 Å². The number of methoxy groups -OCH3 is 2. The van der Waals surface area contributed by atoms with Gasteiger partial charge in [-0.25, -0.2) is 4.79 Å². The second-order valence-corrected chi connectivity index (χ2v) is 6.90. The lowest BCUT2D eigenvalue weighted by molar-refractivity contribution is -0.114. The molecule has 27 heavy (non-hydrogen) atoms. The number of fused-ring (bicyclic) bond motifs is 1. The van der Waals surface area contributed by atoms with Crippen LogP contribution in [0.25, 0.3) is 16.5 Å². The van der Waals surface area contributed by atoms with Crippen molar-refractivity contribution < 1.29 is 19.1 Å². The zero-order valence-electron chi connectivity index (χ0n) is 15.2. The van der Waals surface area contributed by atoms with E-state index in [-0.39, 0.29) is 17.0 Å². The molecule has 2 heterocycles. The van der Waals surface area contributed by atoms with Gasteiger partial charge in [-0.2, -0.15) is 9.78 Å². The average molecular weight is 387 g/mol. The second kappa shape index (κ2) is 7.20. The van der Waals surface area contributed by atoms with Gasteiger partial charge in [-0.1, -0.05) is 0 Å². The molecule has 3 aromatic rings. The number of hydrogen-bond acceptors (Lipinski definition) is 7. The number of hydrogen-bond donors (Lipinski definition) is 1.